The van der Waals surface area contributed by atoms with Crippen molar-refractivity contribution in [1.29, 1.82) is 0 Å². The Morgan fingerprint density at radius 2 is 2.19 bits per heavy atom. The first-order valence-corrected chi connectivity index (χ1v) is 6.33. The van der Waals surface area contributed by atoms with Crippen molar-refractivity contribution < 1.29 is 9.90 Å². The van der Waals surface area contributed by atoms with Crippen LogP contribution >= 0.6 is 0 Å². The van der Waals surface area contributed by atoms with E-state index in [1.165, 1.54) is 12.8 Å². The Hall–Kier alpha value is -0.725. The van der Waals surface area contributed by atoms with Crippen molar-refractivity contribution in [3.05, 3.63) is 12.2 Å². The molecule has 0 aromatic heterocycles. The minimum atomic E-state index is -0.634. The highest BCUT2D eigenvalue weighted by Crippen LogP contribution is 2.50. The van der Waals surface area contributed by atoms with Crippen LogP contribution in [0.2, 0.25) is 5.31 Å². The van der Waals surface area contributed by atoms with E-state index in [-0.39, 0.29) is 11.2 Å². The highest BCUT2D eigenvalue weighted by atomic mass is 16.4. The summed E-state index contributed by atoms with van der Waals surface area (Å²) >= 11 is 0. The van der Waals surface area contributed by atoms with Crippen molar-refractivity contribution in [3.8, 4) is 0 Å². The van der Waals surface area contributed by atoms with Crippen molar-refractivity contribution in [1.82, 2.24) is 0 Å². The Labute approximate surface area is 99.5 Å². The fourth-order valence-corrected chi connectivity index (χ4v) is 2.39. The van der Waals surface area contributed by atoms with Crippen LogP contribution in [0.25, 0.3) is 0 Å². The standard InChI is InChI=1S/C13H23BO2/c1-10(2)6-4-3-5-7-13(14)8-11(9-13)12(15)16/h5,7,10-11H,3-4,6,8-9,14H2,1-2H3,(H,15,16)/b7-5+. The maximum absolute atomic E-state index is 10.7. The number of allylic oxidation sites excluding steroid dienone is 2. The summed E-state index contributed by atoms with van der Waals surface area (Å²) in [4.78, 5) is 10.7. The molecule has 0 saturated heterocycles. The van der Waals surface area contributed by atoms with E-state index in [4.69, 9.17) is 5.11 Å². The molecule has 1 fully saturated rings. The number of carboxylic acid groups (broad SMARTS) is 1. The predicted molar refractivity (Wildman–Crippen MR) is 69.4 cm³/mol. The number of carboxylic acids is 1. The number of carbonyl (C=O) groups is 1. The highest BCUT2D eigenvalue weighted by Gasteiger charge is 2.41. The van der Waals surface area contributed by atoms with Crippen molar-refractivity contribution in [2.75, 3.05) is 0 Å². The maximum Gasteiger partial charge on any atom is 0.306 e. The molecule has 1 aliphatic carbocycles. The molecule has 3 heteroatoms. The van der Waals surface area contributed by atoms with Gasteiger partial charge in [0.15, 0.2) is 0 Å². The highest BCUT2D eigenvalue weighted by molar-refractivity contribution is 6.18. The molecule has 0 aromatic carbocycles. The summed E-state index contributed by atoms with van der Waals surface area (Å²) < 4.78 is 0. The molecule has 0 radical (unpaired) electrons. The van der Waals surface area contributed by atoms with Crippen LogP contribution in [0.15, 0.2) is 12.2 Å². The van der Waals surface area contributed by atoms with Gasteiger partial charge in [0, 0.05) is 0 Å². The Morgan fingerprint density at radius 1 is 1.56 bits per heavy atom. The van der Waals surface area contributed by atoms with Gasteiger partial charge in [-0.3, -0.25) is 4.79 Å². The number of unbranched alkanes of at least 4 members (excludes halogenated alkanes) is 1. The third-order valence-electron chi connectivity index (χ3n) is 3.45. The average molecular weight is 222 g/mol. The summed E-state index contributed by atoms with van der Waals surface area (Å²) in [5, 5.41) is 8.97. The number of aliphatic carboxylic acids is 1. The number of hydrogen-bond donors (Lipinski definition) is 1. The topological polar surface area (TPSA) is 37.3 Å². The fraction of sp³-hybridized carbons (Fsp3) is 0.769. The van der Waals surface area contributed by atoms with Crippen LogP contribution in [0.1, 0.15) is 46.0 Å². The van der Waals surface area contributed by atoms with Crippen molar-refractivity contribution in [3.63, 3.8) is 0 Å². The molecular formula is C13H23BO2. The summed E-state index contributed by atoms with van der Waals surface area (Å²) in [7, 11) is 2.16. The van der Waals surface area contributed by atoms with Gasteiger partial charge < -0.3 is 5.11 Å². The summed E-state index contributed by atoms with van der Waals surface area (Å²) in [6.07, 6.45) is 9.73. The molecule has 16 heavy (non-hydrogen) atoms. The molecule has 0 unspecified atom stereocenters. The van der Waals surface area contributed by atoms with Crippen LogP contribution in [0.3, 0.4) is 0 Å². The summed E-state index contributed by atoms with van der Waals surface area (Å²) in [6.45, 7) is 4.49. The minimum absolute atomic E-state index is 0.106. The monoisotopic (exact) mass is 222 g/mol. The molecule has 1 N–H and O–H groups in total. The van der Waals surface area contributed by atoms with E-state index in [2.05, 4.69) is 33.8 Å². The molecule has 1 saturated carbocycles. The van der Waals surface area contributed by atoms with Crippen LogP contribution in [-0.4, -0.2) is 18.9 Å². The summed E-state index contributed by atoms with van der Waals surface area (Å²) in [5.41, 5.74) is 0. The van der Waals surface area contributed by atoms with Crippen molar-refractivity contribution >= 4 is 13.8 Å². The van der Waals surface area contributed by atoms with E-state index in [1.54, 1.807) is 0 Å². The Bertz CT molecular complexity index is 265. The van der Waals surface area contributed by atoms with Gasteiger partial charge in [0.05, 0.1) is 5.92 Å². The first-order chi connectivity index (χ1) is 7.43. The van der Waals surface area contributed by atoms with Gasteiger partial charge in [-0.15, -0.1) is 0 Å². The number of hydrogen-bond acceptors (Lipinski definition) is 1. The van der Waals surface area contributed by atoms with Gasteiger partial charge in [-0.2, -0.15) is 0 Å². The van der Waals surface area contributed by atoms with Gasteiger partial charge in [-0.25, -0.2) is 0 Å². The summed E-state index contributed by atoms with van der Waals surface area (Å²) in [5.74, 6) is 0.0417. The minimum Gasteiger partial charge on any atom is -0.481 e. The first-order valence-electron chi connectivity index (χ1n) is 6.33. The van der Waals surface area contributed by atoms with E-state index in [9.17, 15) is 4.79 Å². The molecule has 0 spiro atoms. The Morgan fingerprint density at radius 3 is 2.69 bits per heavy atom. The molecule has 2 nitrogen and oxygen atoms in total. The quantitative estimate of drug-likeness (QED) is 0.426. The molecular weight excluding hydrogens is 199 g/mol. The Kier molecular flexibility index (Phi) is 4.63. The largest absolute Gasteiger partial charge is 0.481 e. The molecule has 0 atom stereocenters. The van der Waals surface area contributed by atoms with Crippen LogP contribution in [-0.2, 0) is 4.79 Å². The molecule has 90 valence electrons. The lowest BCUT2D eigenvalue weighted by molar-refractivity contribution is -0.145. The molecule has 0 amide bonds. The maximum atomic E-state index is 10.7. The SMILES string of the molecule is BC1(/C=C/CCCC(C)C)CC(C(=O)O)C1. The Balaban J connectivity index is 2.18. The molecule has 0 aromatic rings. The second-order valence-electron chi connectivity index (χ2n) is 5.82. The third-order valence-corrected chi connectivity index (χ3v) is 3.45. The second-order valence-corrected chi connectivity index (χ2v) is 5.82. The van der Waals surface area contributed by atoms with E-state index < -0.39 is 5.97 Å². The van der Waals surface area contributed by atoms with Crippen molar-refractivity contribution in [2.45, 2.75) is 51.3 Å². The molecule has 0 aliphatic heterocycles. The van der Waals surface area contributed by atoms with Gasteiger partial charge >= 0.3 is 5.97 Å². The molecule has 1 rings (SSSR count). The van der Waals surface area contributed by atoms with Crippen molar-refractivity contribution in [2.24, 2.45) is 11.8 Å². The summed E-state index contributed by atoms with van der Waals surface area (Å²) in [6, 6.07) is 0. The van der Waals surface area contributed by atoms with Crippen LogP contribution in [0.5, 0.6) is 0 Å². The van der Waals surface area contributed by atoms with Crippen LogP contribution in [0, 0.1) is 11.8 Å². The van der Waals surface area contributed by atoms with E-state index in [0.717, 1.165) is 25.2 Å². The first kappa shape index (κ1) is 13.3. The second kappa shape index (κ2) is 5.56. The zero-order valence-electron chi connectivity index (χ0n) is 10.7. The lowest BCUT2D eigenvalue weighted by Gasteiger charge is -2.41. The van der Waals surface area contributed by atoms with Crippen LogP contribution in [0.4, 0.5) is 0 Å². The average Bonchev–Trinajstić information content (AvgIpc) is 2.12. The molecule has 0 bridgehead atoms. The predicted octanol–water partition coefficient (Wildman–Crippen LogP) is 2.66. The van der Waals surface area contributed by atoms with Gasteiger partial charge in [0.2, 0.25) is 0 Å². The molecule has 1 aliphatic rings. The zero-order valence-corrected chi connectivity index (χ0v) is 10.7. The van der Waals surface area contributed by atoms with E-state index in [1.807, 2.05) is 0 Å². The number of rotatable bonds is 6. The smallest absolute Gasteiger partial charge is 0.306 e. The lowest BCUT2D eigenvalue weighted by Crippen LogP contribution is -2.34. The molecule has 0 heterocycles. The normalized spacial score (nSPS) is 29.6. The van der Waals surface area contributed by atoms with Crippen LogP contribution < -0.4 is 0 Å². The fourth-order valence-electron chi connectivity index (χ4n) is 2.39. The van der Waals surface area contributed by atoms with E-state index in [0.29, 0.717) is 0 Å². The lowest BCUT2D eigenvalue weighted by atomic mass is 9.51. The van der Waals surface area contributed by atoms with Gasteiger partial charge in [-0.05, 0) is 36.9 Å². The third kappa shape index (κ3) is 4.03. The van der Waals surface area contributed by atoms with Gasteiger partial charge in [0.1, 0.15) is 7.85 Å². The van der Waals surface area contributed by atoms with Gasteiger partial charge in [0.25, 0.3) is 0 Å². The van der Waals surface area contributed by atoms with E-state index >= 15 is 0 Å². The van der Waals surface area contributed by atoms with Gasteiger partial charge in [-0.1, -0.05) is 32.4 Å². The zero-order chi connectivity index (χ0) is 12.2.